The fourth-order valence-electron chi connectivity index (χ4n) is 0.582. The summed E-state index contributed by atoms with van der Waals surface area (Å²) in [5.74, 6) is 0.392. The van der Waals surface area contributed by atoms with Crippen LogP contribution < -0.4 is 5.73 Å². The second kappa shape index (κ2) is 4.33. The largest absolute Gasteiger partial charge is 0.327 e. The van der Waals surface area contributed by atoms with Gasteiger partial charge in [0, 0.05) is 6.04 Å². The summed E-state index contributed by atoms with van der Waals surface area (Å²) in [4.78, 5) is 0. The molecule has 1 heteroatoms. The van der Waals surface area contributed by atoms with Crippen LogP contribution in [0.5, 0.6) is 0 Å². The maximum atomic E-state index is 5.70. The second-order valence-electron chi connectivity index (χ2n) is 2.28. The van der Waals surface area contributed by atoms with Gasteiger partial charge in [-0.2, -0.15) is 0 Å². The van der Waals surface area contributed by atoms with Crippen LogP contribution in [0.1, 0.15) is 13.3 Å². The average molecular weight is 125 g/mol. The van der Waals surface area contributed by atoms with Gasteiger partial charge in [0.1, 0.15) is 0 Å². The fraction of sp³-hybridized carbons (Fsp3) is 0.500. The summed E-state index contributed by atoms with van der Waals surface area (Å²) in [5.41, 5.74) is 5.70. The van der Waals surface area contributed by atoms with E-state index in [9.17, 15) is 0 Å². The Labute approximate surface area is 57.3 Å². The molecule has 0 aliphatic carbocycles. The van der Waals surface area contributed by atoms with Crippen molar-refractivity contribution in [1.29, 1.82) is 0 Å². The molecule has 0 bridgehead atoms. The fourth-order valence-corrected chi connectivity index (χ4v) is 0.582. The molecule has 0 saturated carbocycles. The van der Waals surface area contributed by atoms with Crippen molar-refractivity contribution in [2.45, 2.75) is 19.4 Å². The molecule has 0 saturated heterocycles. The lowest BCUT2D eigenvalue weighted by Crippen LogP contribution is -2.25. The third kappa shape index (κ3) is 3.09. The molecule has 0 aliphatic rings. The Bertz CT molecular complexity index is 96.7. The Balaban J connectivity index is 3.56. The van der Waals surface area contributed by atoms with E-state index in [2.05, 4.69) is 20.1 Å². The van der Waals surface area contributed by atoms with Gasteiger partial charge in [0.05, 0.1) is 0 Å². The van der Waals surface area contributed by atoms with Crippen molar-refractivity contribution in [2.24, 2.45) is 11.7 Å². The first-order valence-electron chi connectivity index (χ1n) is 3.21. The van der Waals surface area contributed by atoms with Crippen molar-refractivity contribution in [1.82, 2.24) is 0 Å². The van der Waals surface area contributed by atoms with E-state index < -0.39 is 0 Å². The van der Waals surface area contributed by atoms with Crippen LogP contribution in [0.25, 0.3) is 0 Å². The number of nitrogens with two attached hydrogens (primary N) is 1. The van der Waals surface area contributed by atoms with Gasteiger partial charge in [-0.05, 0) is 12.3 Å². The van der Waals surface area contributed by atoms with Crippen molar-refractivity contribution in [2.75, 3.05) is 0 Å². The van der Waals surface area contributed by atoms with Gasteiger partial charge < -0.3 is 5.73 Å². The van der Waals surface area contributed by atoms with E-state index in [1.165, 1.54) is 0 Å². The Kier molecular flexibility index (Phi) is 4.06. The van der Waals surface area contributed by atoms with Gasteiger partial charge in [0.2, 0.25) is 0 Å². The number of rotatable bonds is 4. The topological polar surface area (TPSA) is 26.0 Å². The van der Waals surface area contributed by atoms with E-state index >= 15 is 0 Å². The second-order valence-corrected chi connectivity index (χ2v) is 2.28. The Morgan fingerprint density at radius 2 is 2.11 bits per heavy atom. The van der Waals surface area contributed by atoms with E-state index in [4.69, 9.17) is 5.73 Å². The summed E-state index contributed by atoms with van der Waals surface area (Å²) < 4.78 is 0. The molecule has 2 atom stereocenters. The maximum Gasteiger partial charge on any atom is 0.0134 e. The normalized spacial score (nSPS) is 16.2. The van der Waals surface area contributed by atoms with Crippen molar-refractivity contribution >= 4 is 0 Å². The number of hydrogen-bond donors (Lipinski definition) is 1. The molecule has 0 spiro atoms. The molecule has 1 nitrogen and oxygen atoms in total. The van der Waals surface area contributed by atoms with Crippen LogP contribution in [0.3, 0.4) is 0 Å². The third-order valence-corrected chi connectivity index (χ3v) is 1.49. The van der Waals surface area contributed by atoms with Crippen molar-refractivity contribution in [3.8, 4) is 0 Å². The minimum atomic E-state index is 0.194. The van der Waals surface area contributed by atoms with Gasteiger partial charge in [-0.3, -0.25) is 0 Å². The summed E-state index contributed by atoms with van der Waals surface area (Å²) in [6, 6.07) is 0.194. The molecule has 0 aromatic heterocycles. The zero-order valence-electron chi connectivity index (χ0n) is 6.01. The zero-order chi connectivity index (χ0) is 7.28. The van der Waals surface area contributed by atoms with Gasteiger partial charge in [0.15, 0.2) is 0 Å². The highest BCUT2D eigenvalue weighted by molar-refractivity contribution is 4.87. The van der Waals surface area contributed by atoms with Crippen LogP contribution in [0, 0.1) is 5.92 Å². The third-order valence-electron chi connectivity index (χ3n) is 1.49. The van der Waals surface area contributed by atoms with Crippen molar-refractivity contribution < 1.29 is 0 Å². The lowest BCUT2D eigenvalue weighted by Gasteiger charge is -2.12. The highest BCUT2D eigenvalue weighted by atomic mass is 14.6. The molecular formula is C8H15N. The molecule has 0 radical (unpaired) electrons. The molecule has 0 aromatic carbocycles. The maximum absolute atomic E-state index is 5.70. The van der Waals surface area contributed by atoms with Crippen molar-refractivity contribution in [3.63, 3.8) is 0 Å². The van der Waals surface area contributed by atoms with E-state index in [1.54, 1.807) is 0 Å². The highest BCUT2D eigenvalue weighted by Gasteiger charge is 2.05. The summed E-state index contributed by atoms with van der Waals surface area (Å²) in [6.45, 7) is 9.31. The Morgan fingerprint density at radius 1 is 1.56 bits per heavy atom. The van der Waals surface area contributed by atoms with Gasteiger partial charge >= 0.3 is 0 Å². The van der Waals surface area contributed by atoms with Crippen LogP contribution in [0.2, 0.25) is 0 Å². The predicted molar refractivity (Wildman–Crippen MR) is 42.2 cm³/mol. The molecule has 0 amide bonds. The molecule has 0 aromatic rings. The minimum Gasteiger partial charge on any atom is -0.327 e. The average Bonchev–Trinajstić information content (AvgIpc) is 1.87. The standard InChI is InChI=1S/C8H15N/c1-4-6-8(9)7(3)5-2/h4-5,7-8H,1-2,6,9H2,3H3. The van der Waals surface area contributed by atoms with Crippen LogP contribution in [0.15, 0.2) is 25.3 Å². The van der Waals surface area contributed by atoms with Gasteiger partial charge in [-0.25, -0.2) is 0 Å². The summed E-state index contributed by atoms with van der Waals surface area (Å²) in [6.07, 6.45) is 4.58. The van der Waals surface area contributed by atoms with Gasteiger partial charge in [-0.1, -0.05) is 19.1 Å². The smallest absolute Gasteiger partial charge is 0.0134 e. The van der Waals surface area contributed by atoms with Gasteiger partial charge in [0.25, 0.3) is 0 Å². The zero-order valence-corrected chi connectivity index (χ0v) is 6.01. The quantitative estimate of drug-likeness (QED) is 0.569. The Hall–Kier alpha value is -0.560. The van der Waals surface area contributed by atoms with Crippen LogP contribution in [-0.4, -0.2) is 6.04 Å². The van der Waals surface area contributed by atoms with E-state index in [0.29, 0.717) is 5.92 Å². The Morgan fingerprint density at radius 3 is 2.44 bits per heavy atom. The molecule has 52 valence electrons. The number of hydrogen-bond acceptors (Lipinski definition) is 1. The molecule has 9 heavy (non-hydrogen) atoms. The lowest BCUT2D eigenvalue weighted by atomic mass is 10.0. The first-order valence-corrected chi connectivity index (χ1v) is 3.21. The summed E-state index contributed by atoms with van der Waals surface area (Å²) in [5, 5.41) is 0. The van der Waals surface area contributed by atoms with Crippen LogP contribution in [-0.2, 0) is 0 Å². The van der Waals surface area contributed by atoms with Crippen molar-refractivity contribution in [3.05, 3.63) is 25.3 Å². The van der Waals surface area contributed by atoms with Crippen LogP contribution >= 0.6 is 0 Å². The first-order chi connectivity index (χ1) is 4.22. The SMILES string of the molecule is C=CCC(N)C(C)C=C. The minimum absolute atomic E-state index is 0.194. The lowest BCUT2D eigenvalue weighted by molar-refractivity contribution is 0.546. The molecule has 0 rings (SSSR count). The summed E-state index contributed by atoms with van der Waals surface area (Å²) >= 11 is 0. The first kappa shape index (κ1) is 8.44. The molecule has 0 heterocycles. The molecule has 2 N–H and O–H groups in total. The van der Waals surface area contributed by atoms with E-state index in [1.807, 2.05) is 12.2 Å². The molecule has 0 aliphatic heterocycles. The monoisotopic (exact) mass is 125 g/mol. The van der Waals surface area contributed by atoms with E-state index in [0.717, 1.165) is 6.42 Å². The summed E-state index contributed by atoms with van der Waals surface area (Å²) in [7, 11) is 0. The highest BCUT2D eigenvalue weighted by Crippen LogP contribution is 2.04. The molecule has 2 unspecified atom stereocenters. The van der Waals surface area contributed by atoms with Gasteiger partial charge in [-0.15, -0.1) is 13.2 Å². The predicted octanol–water partition coefficient (Wildman–Crippen LogP) is 1.71. The van der Waals surface area contributed by atoms with E-state index in [-0.39, 0.29) is 6.04 Å². The molecular weight excluding hydrogens is 110 g/mol. The molecule has 0 fully saturated rings. The van der Waals surface area contributed by atoms with Crippen LogP contribution in [0.4, 0.5) is 0 Å².